The molecule has 0 N–H and O–H groups in total. The van der Waals surface area contributed by atoms with E-state index in [0.717, 1.165) is 11.8 Å². The van der Waals surface area contributed by atoms with Crippen LogP contribution in [-0.4, -0.2) is 0 Å². The van der Waals surface area contributed by atoms with Gasteiger partial charge in [-0.2, -0.15) is 0 Å². The van der Waals surface area contributed by atoms with Crippen molar-refractivity contribution < 1.29 is 0 Å². The summed E-state index contributed by atoms with van der Waals surface area (Å²) < 4.78 is 0. The molecule has 0 saturated carbocycles. The van der Waals surface area contributed by atoms with Crippen LogP contribution in [0.4, 0.5) is 0 Å². The van der Waals surface area contributed by atoms with E-state index in [9.17, 15) is 0 Å². The summed E-state index contributed by atoms with van der Waals surface area (Å²) in [5.41, 5.74) is 4.22. The van der Waals surface area contributed by atoms with Crippen molar-refractivity contribution in [1.29, 1.82) is 0 Å². The summed E-state index contributed by atoms with van der Waals surface area (Å²) in [5.74, 6) is 1.54. The Bertz CT molecular complexity index is 318. The molecule has 0 aliphatic heterocycles. The third-order valence-corrected chi connectivity index (χ3v) is 5.76. The molecule has 0 aromatic rings. The SMILES string of the molecule is CC1C(C)C(C)(C)C2=C(CC=CC2)C1(C)C. The Morgan fingerprint density at radius 2 is 1.12 bits per heavy atom. The van der Waals surface area contributed by atoms with Gasteiger partial charge in [-0.25, -0.2) is 0 Å². The van der Waals surface area contributed by atoms with Gasteiger partial charge < -0.3 is 0 Å². The fourth-order valence-corrected chi connectivity index (χ4v) is 3.75. The maximum Gasteiger partial charge on any atom is -0.0110 e. The summed E-state index contributed by atoms with van der Waals surface area (Å²) in [7, 11) is 0. The molecule has 2 aliphatic rings. The van der Waals surface area contributed by atoms with E-state index >= 15 is 0 Å². The minimum atomic E-state index is 0.384. The first-order valence-corrected chi connectivity index (χ1v) is 6.67. The lowest BCUT2D eigenvalue weighted by atomic mass is 9.52. The third kappa shape index (κ3) is 1.42. The average molecular weight is 218 g/mol. The van der Waals surface area contributed by atoms with Crippen LogP contribution in [0, 0.1) is 22.7 Å². The molecule has 0 heteroatoms. The molecule has 2 unspecified atom stereocenters. The van der Waals surface area contributed by atoms with E-state index < -0.39 is 0 Å². The Morgan fingerprint density at radius 3 is 1.44 bits per heavy atom. The molecule has 0 aromatic heterocycles. The highest BCUT2D eigenvalue weighted by Crippen LogP contribution is 2.57. The number of allylic oxidation sites excluding steroid dienone is 4. The summed E-state index contributed by atoms with van der Waals surface area (Å²) in [6, 6.07) is 0. The largest absolute Gasteiger partial charge is 0.0841 e. The van der Waals surface area contributed by atoms with Crippen molar-refractivity contribution in [1.82, 2.24) is 0 Å². The maximum absolute atomic E-state index is 2.44. The molecule has 0 spiro atoms. The van der Waals surface area contributed by atoms with Crippen molar-refractivity contribution in [3.8, 4) is 0 Å². The van der Waals surface area contributed by atoms with Crippen LogP contribution in [0.3, 0.4) is 0 Å². The molecule has 0 bridgehead atoms. The van der Waals surface area contributed by atoms with Crippen LogP contribution in [-0.2, 0) is 0 Å². The minimum absolute atomic E-state index is 0.384. The second kappa shape index (κ2) is 3.48. The van der Waals surface area contributed by atoms with Gasteiger partial charge >= 0.3 is 0 Å². The molecule has 16 heavy (non-hydrogen) atoms. The van der Waals surface area contributed by atoms with Gasteiger partial charge in [-0.15, -0.1) is 0 Å². The molecular weight excluding hydrogens is 192 g/mol. The Kier molecular flexibility index (Phi) is 2.60. The lowest BCUT2D eigenvalue weighted by Crippen LogP contribution is -2.44. The summed E-state index contributed by atoms with van der Waals surface area (Å²) in [4.78, 5) is 0. The van der Waals surface area contributed by atoms with Crippen LogP contribution in [0.1, 0.15) is 54.4 Å². The molecule has 0 amide bonds. The normalized spacial score (nSPS) is 36.1. The number of hydrogen-bond acceptors (Lipinski definition) is 0. The maximum atomic E-state index is 2.44. The zero-order valence-corrected chi connectivity index (χ0v) is 11.7. The van der Waals surface area contributed by atoms with Gasteiger partial charge in [0.05, 0.1) is 0 Å². The zero-order valence-electron chi connectivity index (χ0n) is 11.7. The van der Waals surface area contributed by atoms with Gasteiger partial charge in [0.25, 0.3) is 0 Å². The predicted octanol–water partition coefficient (Wildman–Crippen LogP) is 4.97. The Labute approximate surface area is 101 Å². The summed E-state index contributed by atoms with van der Waals surface area (Å²) in [5, 5.41) is 0. The van der Waals surface area contributed by atoms with Crippen LogP contribution in [0.25, 0.3) is 0 Å². The van der Waals surface area contributed by atoms with Crippen molar-refractivity contribution in [2.45, 2.75) is 54.4 Å². The van der Waals surface area contributed by atoms with E-state index in [1.54, 1.807) is 11.1 Å². The second-order valence-electron chi connectivity index (χ2n) is 6.86. The minimum Gasteiger partial charge on any atom is -0.0841 e. The van der Waals surface area contributed by atoms with Crippen LogP contribution in [0.15, 0.2) is 23.3 Å². The molecule has 2 aliphatic carbocycles. The van der Waals surface area contributed by atoms with Crippen molar-refractivity contribution in [3.63, 3.8) is 0 Å². The highest BCUT2D eigenvalue weighted by atomic mass is 14.5. The highest BCUT2D eigenvalue weighted by Gasteiger charge is 2.47. The molecule has 90 valence electrons. The molecule has 0 nitrogen and oxygen atoms in total. The molecule has 0 aromatic carbocycles. The van der Waals surface area contributed by atoms with Crippen LogP contribution >= 0.6 is 0 Å². The van der Waals surface area contributed by atoms with Crippen molar-refractivity contribution in [2.75, 3.05) is 0 Å². The summed E-state index contributed by atoms with van der Waals surface area (Å²) >= 11 is 0. The van der Waals surface area contributed by atoms with Gasteiger partial charge in [0.2, 0.25) is 0 Å². The molecule has 0 heterocycles. The predicted molar refractivity (Wildman–Crippen MR) is 71.3 cm³/mol. The Balaban J connectivity index is 2.56. The fourth-order valence-electron chi connectivity index (χ4n) is 3.75. The monoisotopic (exact) mass is 218 g/mol. The third-order valence-electron chi connectivity index (χ3n) is 5.76. The molecule has 0 radical (unpaired) electrons. The molecule has 2 atom stereocenters. The summed E-state index contributed by atoms with van der Waals surface area (Å²) in [6.07, 6.45) is 7.09. The molecule has 0 fully saturated rings. The van der Waals surface area contributed by atoms with Crippen LogP contribution in [0.2, 0.25) is 0 Å². The van der Waals surface area contributed by atoms with E-state index in [2.05, 4.69) is 53.7 Å². The van der Waals surface area contributed by atoms with Crippen molar-refractivity contribution in [3.05, 3.63) is 23.3 Å². The van der Waals surface area contributed by atoms with Gasteiger partial charge in [-0.3, -0.25) is 0 Å². The van der Waals surface area contributed by atoms with E-state index in [0.29, 0.717) is 10.8 Å². The van der Waals surface area contributed by atoms with E-state index in [1.165, 1.54) is 12.8 Å². The van der Waals surface area contributed by atoms with Gasteiger partial charge in [0.15, 0.2) is 0 Å². The van der Waals surface area contributed by atoms with Gasteiger partial charge in [-0.1, -0.05) is 64.8 Å². The molecular formula is C16H26. The fraction of sp³-hybridized carbons (Fsp3) is 0.750. The lowest BCUT2D eigenvalue weighted by Gasteiger charge is -2.53. The standard InChI is InChI=1S/C16H26/c1-11-12(2)16(5,6)14-10-8-7-9-13(14)15(11,3)4/h7-8,11-12H,9-10H2,1-6H3. The van der Waals surface area contributed by atoms with E-state index in [1.807, 2.05) is 0 Å². The van der Waals surface area contributed by atoms with Crippen LogP contribution < -0.4 is 0 Å². The first-order chi connectivity index (χ1) is 7.29. The quantitative estimate of drug-likeness (QED) is 0.503. The van der Waals surface area contributed by atoms with E-state index in [-0.39, 0.29) is 0 Å². The van der Waals surface area contributed by atoms with E-state index in [4.69, 9.17) is 0 Å². The smallest absolute Gasteiger partial charge is 0.0110 e. The first-order valence-electron chi connectivity index (χ1n) is 6.67. The van der Waals surface area contributed by atoms with Gasteiger partial charge in [0, 0.05) is 0 Å². The second-order valence-corrected chi connectivity index (χ2v) is 6.86. The van der Waals surface area contributed by atoms with Crippen molar-refractivity contribution >= 4 is 0 Å². The van der Waals surface area contributed by atoms with Gasteiger partial charge in [0.1, 0.15) is 0 Å². The number of rotatable bonds is 0. The average Bonchev–Trinajstić information content (AvgIpc) is 2.25. The number of hydrogen-bond donors (Lipinski definition) is 0. The molecule has 2 rings (SSSR count). The highest BCUT2D eigenvalue weighted by molar-refractivity contribution is 5.37. The Morgan fingerprint density at radius 1 is 0.812 bits per heavy atom. The first kappa shape index (κ1) is 12.0. The van der Waals surface area contributed by atoms with Crippen molar-refractivity contribution in [2.24, 2.45) is 22.7 Å². The summed E-state index contributed by atoms with van der Waals surface area (Å²) in [6.45, 7) is 14.6. The zero-order chi connectivity index (χ0) is 12.1. The van der Waals surface area contributed by atoms with Gasteiger partial charge in [-0.05, 0) is 35.5 Å². The topological polar surface area (TPSA) is 0 Å². The lowest BCUT2D eigenvalue weighted by molar-refractivity contribution is 0.0874. The van der Waals surface area contributed by atoms with Crippen LogP contribution in [0.5, 0.6) is 0 Å². The molecule has 0 saturated heterocycles. The Hall–Kier alpha value is -0.520.